The highest BCUT2D eigenvalue weighted by Gasteiger charge is 2.38. The van der Waals surface area contributed by atoms with Crippen molar-refractivity contribution in [3.63, 3.8) is 0 Å². The van der Waals surface area contributed by atoms with Gasteiger partial charge in [-0.25, -0.2) is 0 Å². The molecule has 1 aliphatic carbocycles. The molecule has 1 saturated carbocycles. The monoisotopic (exact) mass is 254 g/mol. The van der Waals surface area contributed by atoms with Crippen molar-refractivity contribution in [1.82, 2.24) is 4.90 Å². The Hall–Kier alpha value is -1.82. The van der Waals surface area contributed by atoms with Crippen molar-refractivity contribution in [2.45, 2.75) is 38.1 Å². The van der Waals surface area contributed by atoms with Crippen LogP contribution in [0.3, 0.4) is 0 Å². The zero-order valence-electron chi connectivity index (χ0n) is 11.0. The smallest absolute Gasteiger partial charge is 0.254 e. The van der Waals surface area contributed by atoms with Gasteiger partial charge in [-0.05, 0) is 49.4 Å². The number of amides is 1. The number of benzene rings is 1. The third-order valence-electron chi connectivity index (χ3n) is 4.53. The first kappa shape index (κ1) is 12.2. The van der Waals surface area contributed by atoms with Gasteiger partial charge in [-0.2, -0.15) is 5.26 Å². The Bertz CT molecular complexity index is 515. The fourth-order valence-corrected chi connectivity index (χ4v) is 3.51. The Labute approximate surface area is 113 Å². The molecule has 2 fully saturated rings. The predicted octanol–water partition coefficient (Wildman–Crippen LogP) is 2.96. The van der Waals surface area contributed by atoms with E-state index in [0.29, 0.717) is 17.2 Å². The molecule has 1 amide bonds. The number of hydrogen-bond acceptors (Lipinski definition) is 2. The summed E-state index contributed by atoms with van der Waals surface area (Å²) in [4.78, 5) is 14.6. The van der Waals surface area contributed by atoms with E-state index in [-0.39, 0.29) is 5.91 Å². The fraction of sp³-hybridized carbons (Fsp3) is 0.500. The number of carbonyl (C=O) groups excluding carboxylic acids is 1. The summed E-state index contributed by atoms with van der Waals surface area (Å²) in [6, 6.07) is 9.54. The van der Waals surface area contributed by atoms with E-state index >= 15 is 0 Å². The molecule has 0 bridgehead atoms. The molecule has 2 aliphatic rings. The highest BCUT2D eigenvalue weighted by atomic mass is 16.2. The lowest BCUT2D eigenvalue weighted by Crippen LogP contribution is -2.39. The minimum Gasteiger partial charge on any atom is -0.335 e. The average molecular weight is 254 g/mol. The fourth-order valence-electron chi connectivity index (χ4n) is 3.51. The molecule has 98 valence electrons. The minimum atomic E-state index is 0.138. The van der Waals surface area contributed by atoms with Gasteiger partial charge in [0.15, 0.2) is 0 Å². The molecule has 0 radical (unpaired) electrons. The molecule has 19 heavy (non-hydrogen) atoms. The van der Waals surface area contributed by atoms with Gasteiger partial charge in [0.1, 0.15) is 0 Å². The average Bonchev–Trinajstić information content (AvgIpc) is 2.90. The van der Waals surface area contributed by atoms with Crippen molar-refractivity contribution in [2.24, 2.45) is 5.92 Å². The molecule has 1 aromatic rings. The summed E-state index contributed by atoms with van der Waals surface area (Å²) in [6.45, 7) is 0.897. The van der Waals surface area contributed by atoms with Crippen LogP contribution in [-0.4, -0.2) is 23.4 Å². The van der Waals surface area contributed by atoms with Gasteiger partial charge in [0.05, 0.1) is 11.6 Å². The second-order valence-corrected chi connectivity index (χ2v) is 5.59. The molecule has 0 aromatic heterocycles. The number of likely N-dealkylation sites (tertiary alicyclic amines) is 1. The number of nitriles is 1. The minimum absolute atomic E-state index is 0.138. The van der Waals surface area contributed by atoms with E-state index in [0.717, 1.165) is 25.3 Å². The number of nitrogens with zero attached hydrogens (tertiary/aromatic N) is 2. The van der Waals surface area contributed by atoms with Crippen molar-refractivity contribution in [3.05, 3.63) is 35.4 Å². The SMILES string of the molecule is N#Cc1ccc(C(=O)N2CCC3CCCCC32)cc1. The van der Waals surface area contributed by atoms with Crippen molar-refractivity contribution < 1.29 is 4.79 Å². The molecule has 0 spiro atoms. The molecule has 2 unspecified atom stereocenters. The summed E-state index contributed by atoms with van der Waals surface area (Å²) in [5, 5.41) is 8.79. The van der Waals surface area contributed by atoms with Gasteiger partial charge >= 0.3 is 0 Å². The molecule has 1 aliphatic heterocycles. The second kappa shape index (κ2) is 5.05. The molecule has 0 N–H and O–H groups in total. The highest BCUT2D eigenvalue weighted by molar-refractivity contribution is 5.94. The van der Waals surface area contributed by atoms with Crippen LogP contribution in [0.5, 0.6) is 0 Å². The van der Waals surface area contributed by atoms with Gasteiger partial charge in [0.2, 0.25) is 0 Å². The first-order valence-corrected chi connectivity index (χ1v) is 7.11. The topological polar surface area (TPSA) is 44.1 Å². The Balaban J connectivity index is 1.78. The van der Waals surface area contributed by atoms with Gasteiger partial charge in [-0.3, -0.25) is 4.79 Å². The lowest BCUT2D eigenvalue weighted by atomic mass is 9.85. The Morgan fingerprint density at radius 1 is 1.16 bits per heavy atom. The molecule has 1 aromatic carbocycles. The van der Waals surface area contributed by atoms with E-state index < -0.39 is 0 Å². The summed E-state index contributed by atoms with van der Waals surface area (Å²) >= 11 is 0. The lowest BCUT2D eigenvalue weighted by Gasteiger charge is -2.31. The quantitative estimate of drug-likeness (QED) is 0.773. The van der Waals surface area contributed by atoms with Gasteiger partial charge in [-0.1, -0.05) is 12.8 Å². The van der Waals surface area contributed by atoms with Crippen LogP contribution < -0.4 is 0 Å². The summed E-state index contributed by atoms with van der Waals surface area (Å²) in [6.07, 6.45) is 6.17. The number of rotatable bonds is 1. The first-order valence-electron chi connectivity index (χ1n) is 7.11. The van der Waals surface area contributed by atoms with Crippen LogP contribution >= 0.6 is 0 Å². The van der Waals surface area contributed by atoms with Crippen LogP contribution in [-0.2, 0) is 0 Å². The molecule has 2 atom stereocenters. The van der Waals surface area contributed by atoms with Crippen LogP contribution in [0.1, 0.15) is 48.0 Å². The normalized spacial score (nSPS) is 25.7. The van der Waals surface area contributed by atoms with Crippen LogP contribution in [0.2, 0.25) is 0 Å². The third-order valence-corrected chi connectivity index (χ3v) is 4.53. The molecule has 3 heteroatoms. The standard InChI is InChI=1S/C16H18N2O/c17-11-12-5-7-14(8-6-12)16(19)18-10-9-13-3-1-2-4-15(13)18/h5-8,13,15H,1-4,9-10H2. The first-order chi connectivity index (χ1) is 9.29. The lowest BCUT2D eigenvalue weighted by molar-refractivity contribution is 0.0690. The molecule has 1 heterocycles. The zero-order valence-corrected chi connectivity index (χ0v) is 11.0. The van der Waals surface area contributed by atoms with Gasteiger partial charge in [0, 0.05) is 18.2 Å². The van der Waals surface area contributed by atoms with Crippen LogP contribution in [0.25, 0.3) is 0 Å². The zero-order chi connectivity index (χ0) is 13.2. The second-order valence-electron chi connectivity index (χ2n) is 5.59. The van der Waals surface area contributed by atoms with E-state index in [1.165, 1.54) is 19.3 Å². The molecular formula is C16H18N2O. The van der Waals surface area contributed by atoms with Crippen LogP contribution in [0.15, 0.2) is 24.3 Å². The maximum atomic E-state index is 12.5. The summed E-state index contributed by atoms with van der Waals surface area (Å²) in [7, 11) is 0. The number of carbonyl (C=O) groups is 1. The Morgan fingerprint density at radius 3 is 2.63 bits per heavy atom. The molecule has 3 nitrogen and oxygen atoms in total. The van der Waals surface area contributed by atoms with E-state index in [2.05, 4.69) is 11.0 Å². The number of fused-ring (bicyclic) bond motifs is 1. The third kappa shape index (κ3) is 2.23. The van der Waals surface area contributed by atoms with Gasteiger partial charge < -0.3 is 4.90 Å². The van der Waals surface area contributed by atoms with E-state index in [1.807, 2.05) is 0 Å². The predicted molar refractivity (Wildman–Crippen MR) is 72.6 cm³/mol. The number of hydrogen-bond donors (Lipinski definition) is 0. The van der Waals surface area contributed by atoms with Crippen molar-refractivity contribution in [3.8, 4) is 6.07 Å². The molecule has 3 rings (SSSR count). The largest absolute Gasteiger partial charge is 0.335 e. The van der Waals surface area contributed by atoms with Crippen LogP contribution in [0, 0.1) is 17.2 Å². The van der Waals surface area contributed by atoms with Crippen molar-refractivity contribution in [1.29, 1.82) is 5.26 Å². The van der Waals surface area contributed by atoms with E-state index in [4.69, 9.17) is 5.26 Å². The van der Waals surface area contributed by atoms with Gasteiger partial charge in [-0.15, -0.1) is 0 Å². The molecular weight excluding hydrogens is 236 g/mol. The van der Waals surface area contributed by atoms with Crippen molar-refractivity contribution in [2.75, 3.05) is 6.54 Å². The Kier molecular flexibility index (Phi) is 3.25. The summed E-state index contributed by atoms with van der Waals surface area (Å²) in [5.74, 6) is 0.856. The maximum Gasteiger partial charge on any atom is 0.254 e. The Morgan fingerprint density at radius 2 is 1.89 bits per heavy atom. The van der Waals surface area contributed by atoms with Crippen molar-refractivity contribution >= 4 is 5.91 Å². The maximum absolute atomic E-state index is 12.5. The van der Waals surface area contributed by atoms with Crippen LogP contribution in [0.4, 0.5) is 0 Å². The van der Waals surface area contributed by atoms with E-state index in [9.17, 15) is 4.79 Å². The summed E-state index contributed by atoms with van der Waals surface area (Å²) < 4.78 is 0. The summed E-state index contributed by atoms with van der Waals surface area (Å²) in [5.41, 5.74) is 1.32. The van der Waals surface area contributed by atoms with Gasteiger partial charge in [0.25, 0.3) is 5.91 Å². The highest BCUT2D eigenvalue weighted by Crippen LogP contribution is 2.36. The molecule has 1 saturated heterocycles. The van der Waals surface area contributed by atoms with E-state index in [1.54, 1.807) is 24.3 Å².